The van der Waals surface area contributed by atoms with Crippen LogP contribution in [-0.2, 0) is 9.53 Å². The Kier molecular flexibility index (Phi) is 7.71. The number of piperidine rings is 1. The number of anilines is 3. The highest BCUT2D eigenvalue weighted by molar-refractivity contribution is 6.00. The summed E-state index contributed by atoms with van der Waals surface area (Å²) in [5.41, 5.74) is 1.11. The molecule has 5 heterocycles. The maximum atomic E-state index is 13.6. The van der Waals surface area contributed by atoms with Gasteiger partial charge in [-0.2, -0.15) is 4.98 Å². The number of rotatable bonds is 5. The van der Waals surface area contributed by atoms with Crippen molar-refractivity contribution >= 4 is 46.4 Å². The average Bonchev–Trinajstić information content (AvgIpc) is 3.71. The van der Waals surface area contributed by atoms with Crippen LogP contribution < -0.4 is 10.2 Å². The zero-order valence-corrected chi connectivity index (χ0v) is 26.3. The molecule has 3 amide bonds. The van der Waals surface area contributed by atoms with E-state index in [1.54, 1.807) is 41.2 Å². The van der Waals surface area contributed by atoms with Gasteiger partial charge >= 0.3 is 6.09 Å². The highest BCUT2D eigenvalue weighted by Crippen LogP contribution is 2.43. The second kappa shape index (κ2) is 11.4. The monoisotopic (exact) mass is 602 g/mol. The first-order chi connectivity index (χ1) is 20.9. The molecule has 1 saturated carbocycles. The van der Waals surface area contributed by atoms with Gasteiger partial charge in [-0.25, -0.2) is 14.8 Å². The van der Waals surface area contributed by atoms with Crippen molar-refractivity contribution in [2.45, 2.75) is 77.4 Å². The molecule has 2 aliphatic heterocycles. The summed E-state index contributed by atoms with van der Waals surface area (Å²) in [6, 6.07) is 5.82. The third-order valence-corrected chi connectivity index (χ3v) is 9.08. The fourth-order valence-electron chi connectivity index (χ4n) is 6.70. The van der Waals surface area contributed by atoms with Gasteiger partial charge < -0.3 is 29.3 Å². The van der Waals surface area contributed by atoms with Crippen molar-refractivity contribution in [2.24, 2.45) is 5.41 Å². The number of pyridine rings is 1. The lowest BCUT2D eigenvalue weighted by Crippen LogP contribution is -2.48. The van der Waals surface area contributed by atoms with Crippen LogP contribution in [0.3, 0.4) is 0 Å². The van der Waals surface area contributed by atoms with Crippen LogP contribution in [0.1, 0.15) is 82.2 Å². The molecular formula is C32H42N8O4. The summed E-state index contributed by atoms with van der Waals surface area (Å²) < 4.78 is 7.60. The van der Waals surface area contributed by atoms with E-state index in [2.05, 4.69) is 19.9 Å². The van der Waals surface area contributed by atoms with Crippen LogP contribution in [0.25, 0.3) is 11.0 Å². The highest BCUT2D eigenvalue weighted by atomic mass is 16.6. The van der Waals surface area contributed by atoms with E-state index in [9.17, 15) is 14.4 Å². The Bertz CT molecular complexity index is 1560. The van der Waals surface area contributed by atoms with E-state index in [1.807, 2.05) is 39.0 Å². The molecule has 0 radical (unpaired) electrons. The van der Waals surface area contributed by atoms with E-state index >= 15 is 0 Å². The van der Waals surface area contributed by atoms with Gasteiger partial charge in [-0.3, -0.25) is 9.59 Å². The summed E-state index contributed by atoms with van der Waals surface area (Å²) in [6.45, 7) is 7.20. The van der Waals surface area contributed by atoms with Crippen molar-refractivity contribution in [1.82, 2.24) is 29.3 Å². The Labute approximate surface area is 257 Å². The molecule has 1 spiro atoms. The molecule has 12 heteroatoms. The molecule has 44 heavy (non-hydrogen) atoms. The largest absolute Gasteiger partial charge is 0.444 e. The quantitative estimate of drug-likeness (QED) is 0.426. The Morgan fingerprint density at radius 2 is 1.73 bits per heavy atom. The van der Waals surface area contributed by atoms with Crippen LogP contribution in [0.5, 0.6) is 0 Å². The number of ether oxygens (including phenoxy) is 1. The summed E-state index contributed by atoms with van der Waals surface area (Å²) in [6.07, 6.45) is 9.43. The van der Waals surface area contributed by atoms with Gasteiger partial charge in [0, 0.05) is 51.4 Å². The smallest absolute Gasteiger partial charge is 0.410 e. The lowest BCUT2D eigenvalue weighted by molar-refractivity contribution is -0.128. The highest BCUT2D eigenvalue weighted by Gasteiger charge is 2.49. The molecule has 3 aromatic rings. The first kappa shape index (κ1) is 29.8. The minimum absolute atomic E-state index is 0.0477. The third-order valence-electron chi connectivity index (χ3n) is 9.08. The number of aromatic nitrogens is 4. The zero-order valence-electron chi connectivity index (χ0n) is 26.3. The predicted molar refractivity (Wildman–Crippen MR) is 167 cm³/mol. The van der Waals surface area contributed by atoms with Crippen LogP contribution in [0.2, 0.25) is 0 Å². The van der Waals surface area contributed by atoms with Crippen molar-refractivity contribution in [3.8, 4) is 0 Å². The molecule has 12 nitrogen and oxygen atoms in total. The molecule has 3 aromatic heterocycles. The van der Waals surface area contributed by atoms with Crippen LogP contribution in [0.4, 0.5) is 22.2 Å². The molecule has 1 N–H and O–H groups in total. The zero-order chi connectivity index (χ0) is 31.2. The van der Waals surface area contributed by atoms with Crippen LogP contribution in [0.15, 0.2) is 30.6 Å². The maximum absolute atomic E-state index is 13.6. The normalized spacial score (nSPS) is 18.8. The Hall–Kier alpha value is -4.22. The van der Waals surface area contributed by atoms with Crippen molar-refractivity contribution in [2.75, 3.05) is 43.9 Å². The van der Waals surface area contributed by atoms with E-state index in [1.165, 1.54) is 0 Å². The van der Waals surface area contributed by atoms with Gasteiger partial charge in [-0.15, -0.1) is 0 Å². The van der Waals surface area contributed by atoms with Gasteiger partial charge in [0.05, 0.1) is 17.3 Å². The van der Waals surface area contributed by atoms with Gasteiger partial charge in [0.25, 0.3) is 5.91 Å². The molecule has 0 unspecified atom stereocenters. The van der Waals surface area contributed by atoms with Crippen molar-refractivity contribution in [1.29, 1.82) is 0 Å². The van der Waals surface area contributed by atoms with E-state index in [0.717, 1.165) is 48.8 Å². The summed E-state index contributed by atoms with van der Waals surface area (Å²) >= 11 is 0. The molecular weight excluding hydrogens is 560 g/mol. The molecule has 6 rings (SSSR count). The van der Waals surface area contributed by atoms with E-state index in [0.29, 0.717) is 49.9 Å². The van der Waals surface area contributed by atoms with Gasteiger partial charge in [0.15, 0.2) is 0 Å². The molecule has 0 atom stereocenters. The summed E-state index contributed by atoms with van der Waals surface area (Å²) in [7, 11) is 3.52. The second-order valence-corrected chi connectivity index (χ2v) is 13.5. The Morgan fingerprint density at radius 1 is 1.02 bits per heavy atom. The van der Waals surface area contributed by atoms with Crippen LogP contribution >= 0.6 is 0 Å². The van der Waals surface area contributed by atoms with Gasteiger partial charge in [-0.1, -0.05) is 12.8 Å². The summed E-state index contributed by atoms with van der Waals surface area (Å²) in [4.78, 5) is 58.1. The number of amides is 3. The van der Waals surface area contributed by atoms with Gasteiger partial charge in [0.2, 0.25) is 11.9 Å². The number of carbonyl (C=O) groups is 3. The van der Waals surface area contributed by atoms with Gasteiger partial charge in [-0.05, 0) is 71.1 Å². The standard InChI is InChI=1S/C32H42N8O4/c1-31(2,3)44-30(43)38-15-12-32(13-16-38)14-17-39(28(32)42)23-10-11-25(33-20-23)35-29-34-19-21-18-24(27(41)37(4)5)40(26(21)36-29)22-8-6-7-9-22/h10-11,18-20,22H,6-9,12-17H2,1-5H3,(H,33,34,35,36). The average molecular weight is 603 g/mol. The summed E-state index contributed by atoms with van der Waals surface area (Å²) in [5, 5.41) is 4.03. The fraction of sp³-hybridized carbons (Fsp3) is 0.562. The van der Waals surface area contributed by atoms with Crippen molar-refractivity contribution in [3.05, 3.63) is 36.3 Å². The SMILES string of the molecule is CN(C)C(=O)c1cc2cnc(Nc3ccc(N4CCC5(CCN(C(=O)OC(C)(C)C)CC5)C4=O)cn3)nc2n1C1CCCC1. The van der Waals surface area contributed by atoms with Gasteiger partial charge in [0.1, 0.15) is 22.8 Å². The second-order valence-electron chi connectivity index (χ2n) is 13.5. The topological polar surface area (TPSA) is 126 Å². The minimum atomic E-state index is -0.546. The minimum Gasteiger partial charge on any atom is -0.444 e. The number of likely N-dealkylation sites (tertiary alicyclic amines) is 1. The first-order valence-electron chi connectivity index (χ1n) is 15.6. The summed E-state index contributed by atoms with van der Waals surface area (Å²) in [5.74, 6) is 0.998. The number of fused-ring (bicyclic) bond motifs is 1. The third kappa shape index (κ3) is 5.69. The van der Waals surface area contributed by atoms with E-state index in [4.69, 9.17) is 9.72 Å². The van der Waals surface area contributed by atoms with Crippen LogP contribution in [-0.4, -0.2) is 86.6 Å². The van der Waals surface area contributed by atoms with Crippen LogP contribution in [0, 0.1) is 5.41 Å². The lowest BCUT2D eigenvalue weighted by atomic mass is 9.77. The molecule has 234 valence electrons. The maximum Gasteiger partial charge on any atom is 0.410 e. The number of nitrogens with one attached hydrogen (secondary N) is 1. The Balaban J connectivity index is 1.14. The lowest BCUT2D eigenvalue weighted by Gasteiger charge is -2.38. The van der Waals surface area contributed by atoms with Crippen molar-refractivity contribution < 1.29 is 19.1 Å². The molecule has 3 fully saturated rings. The fourth-order valence-corrected chi connectivity index (χ4v) is 6.70. The first-order valence-corrected chi connectivity index (χ1v) is 15.6. The molecule has 1 aliphatic carbocycles. The number of hydrogen-bond acceptors (Lipinski definition) is 8. The Morgan fingerprint density at radius 3 is 2.36 bits per heavy atom. The number of carbonyl (C=O) groups excluding carboxylic acids is 3. The molecule has 0 bridgehead atoms. The predicted octanol–water partition coefficient (Wildman–Crippen LogP) is 5.14. The molecule has 2 saturated heterocycles. The number of nitrogens with zero attached hydrogens (tertiary/aromatic N) is 7. The molecule has 3 aliphatic rings. The molecule has 0 aromatic carbocycles. The van der Waals surface area contributed by atoms with E-state index in [-0.39, 0.29) is 23.9 Å². The van der Waals surface area contributed by atoms with Crippen molar-refractivity contribution in [3.63, 3.8) is 0 Å². The van der Waals surface area contributed by atoms with E-state index < -0.39 is 11.0 Å². The number of hydrogen-bond donors (Lipinski definition) is 1.